The number of halogens is 4. The first kappa shape index (κ1) is 28.4. The van der Waals surface area contributed by atoms with Gasteiger partial charge in [0.2, 0.25) is 0 Å². The van der Waals surface area contributed by atoms with E-state index in [0.29, 0.717) is 28.5 Å². The minimum atomic E-state index is -4.41. The number of nitrogen functional groups attached to an aromatic ring is 1. The standard InChI is InChI=1S/C30H30ClF3N4O/c1-2-3-11-27-37-28(31)26(19-39-18-21-7-6-8-23(16-21)30(32,33)34)38(27)17-20-12-14-22(15-13-20)24-9-4-5-10-25(24)29(35)36/h4-10,12-16H,2-3,11,17-19H2,1H3,(H3,35,36). The molecule has 3 aromatic carbocycles. The van der Waals surface area contributed by atoms with Crippen LogP contribution in [-0.4, -0.2) is 15.4 Å². The minimum Gasteiger partial charge on any atom is -0.384 e. The van der Waals surface area contributed by atoms with Crippen LogP contribution in [0.5, 0.6) is 0 Å². The lowest BCUT2D eigenvalue weighted by atomic mass is 9.98. The monoisotopic (exact) mass is 554 g/mol. The normalized spacial score (nSPS) is 11.6. The van der Waals surface area contributed by atoms with Crippen LogP contribution in [0.25, 0.3) is 11.1 Å². The minimum absolute atomic E-state index is 0.0121. The Hall–Kier alpha value is -3.62. The molecule has 4 aromatic rings. The molecule has 39 heavy (non-hydrogen) atoms. The second-order valence-electron chi connectivity index (χ2n) is 9.30. The van der Waals surface area contributed by atoms with E-state index in [4.69, 9.17) is 27.5 Å². The first-order chi connectivity index (χ1) is 18.7. The molecule has 0 atom stereocenters. The van der Waals surface area contributed by atoms with Gasteiger partial charge in [-0.3, -0.25) is 5.41 Å². The van der Waals surface area contributed by atoms with Gasteiger partial charge in [-0.05, 0) is 40.8 Å². The second-order valence-corrected chi connectivity index (χ2v) is 9.66. The second kappa shape index (κ2) is 12.5. The maximum absolute atomic E-state index is 13.1. The number of unbranched alkanes of at least 4 members (excludes halogenated alkanes) is 1. The molecule has 0 aliphatic heterocycles. The van der Waals surface area contributed by atoms with E-state index < -0.39 is 11.7 Å². The number of nitrogens with two attached hydrogens (primary N) is 1. The molecule has 0 spiro atoms. The predicted octanol–water partition coefficient (Wildman–Crippen LogP) is 7.61. The van der Waals surface area contributed by atoms with Gasteiger partial charge >= 0.3 is 6.18 Å². The summed E-state index contributed by atoms with van der Waals surface area (Å²) in [4.78, 5) is 4.57. The number of benzene rings is 3. The average Bonchev–Trinajstić information content (AvgIpc) is 3.21. The van der Waals surface area contributed by atoms with Crippen LogP contribution in [0, 0.1) is 5.41 Å². The van der Waals surface area contributed by atoms with Crippen LogP contribution in [0.15, 0.2) is 72.8 Å². The van der Waals surface area contributed by atoms with Crippen molar-refractivity contribution in [3.8, 4) is 11.1 Å². The van der Waals surface area contributed by atoms with Crippen LogP contribution in [0.4, 0.5) is 13.2 Å². The van der Waals surface area contributed by atoms with E-state index in [1.165, 1.54) is 6.07 Å². The van der Waals surface area contributed by atoms with Gasteiger partial charge in [-0.15, -0.1) is 0 Å². The smallest absolute Gasteiger partial charge is 0.384 e. The molecule has 1 heterocycles. The lowest BCUT2D eigenvalue weighted by molar-refractivity contribution is -0.137. The number of aromatic nitrogens is 2. The van der Waals surface area contributed by atoms with Crippen molar-refractivity contribution < 1.29 is 17.9 Å². The zero-order valence-electron chi connectivity index (χ0n) is 21.6. The molecule has 0 aliphatic rings. The Morgan fingerprint density at radius 2 is 1.74 bits per heavy atom. The van der Waals surface area contributed by atoms with Gasteiger partial charge in [0.15, 0.2) is 5.15 Å². The van der Waals surface area contributed by atoms with E-state index >= 15 is 0 Å². The summed E-state index contributed by atoms with van der Waals surface area (Å²) in [6.07, 6.45) is -1.72. The van der Waals surface area contributed by atoms with Crippen molar-refractivity contribution >= 4 is 17.4 Å². The van der Waals surface area contributed by atoms with Crippen LogP contribution in [-0.2, 0) is 37.1 Å². The predicted molar refractivity (Wildman–Crippen MR) is 148 cm³/mol. The quantitative estimate of drug-likeness (QED) is 0.148. The van der Waals surface area contributed by atoms with Gasteiger partial charge in [0.1, 0.15) is 11.7 Å². The molecule has 0 radical (unpaired) electrons. The zero-order chi connectivity index (χ0) is 28.0. The van der Waals surface area contributed by atoms with Gasteiger partial charge in [-0.1, -0.05) is 85.6 Å². The molecule has 204 valence electrons. The number of rotatable bonds is 11. The number of hydrogen-bond acceptors (Lipinski definition) is 3. The molecule has 0 bridgehead atoms. The van der Waals surface area contributed by atoms with E-state index in [9.17, 15) is 13.2 Å². The highest BCUT2D eigenvalue weighted by molar-refractivity contribution is 6.30. The molecule has 0 saturated heterocycles. The molecule has 1 aromatic heterocycles. The molecule has 9 heteroatoms. The highest BCUT2D eigenvalue weighted by atomic mass is 35.5. The van der Waals surface area contributed by atoms with Crippen LogP contribution < -0.4 is 5.73 Å². The third-order valence-electron chi connectivity index (χ3n) is 6.44. The SMILES string of the molecule is CCCCc1nc(Cl)c(COCc2cccc(C(F)(F)F)c2)n1Cc1ccc(-c2ccccc2C(=N)N)cc1. The van der Waals surface area contributed by atoms with Crippen molar-refractivity contribution in [2.24, 2.45) is 5.73 Å². The van der Waals surface area contributed by atoms with Gasteiger partial charge in [-0.2, -0.15) is 13.2 Å². The van der Waals surface area contributed by atoms with Gasteiger partial charge in [0, 0.05) is 18.5 Å². The summed E-state index contributed by atoms with van der Waals surface area (Å²) >= 11 is 6.52. The third kappa shape index (κ3) is 7.07. The summed E-state index contributed by atoms with van der Waals surface area (Å²) in [5, 5.41) is 8.19. The summed E-state index contributed by atoms with van der Waals surface area (Å²) < 4.78 is 47.0. The van der Waals surface area contributed by atoms with Crippen LogP contribution in [0.2, 0.25) is 5.15 Å². The summed E-state index contributed by atoms with van der Waals surface area (Å²) in [5.74, 6) is 0.851. The lowest BCUT2D eigenvalue weighted by Gasteiger charge is -2.14. The van der Waals surface area contributed by atoms with E-state index in [0.717, 1.165) is 53.9 Å². The Labute approximate surface area is 230 Å². The van der Waals surface area contributed by atoms with Gasteiger partial charge in [0.25, 0.3) is 0 Å². The first-order valence-electron chi connectivity index (χ1n) is 12.7. The Kier molecular flexibility index (Phi) is 9.09. The van der Waals surface area contributed by atoms with Crippen molar-refractivity contribution in [3.63, 3.8) is 0 Å². The highest BCUT2D eigenvalue weighted by Gasteiger charge is 2.30. The summed E-state index contributed by atoms with van der Waals surface area (Å²) in [6, 6.07) is 20.6. The van der Waals surface area contributed by atoms with E-state index in [-0.39, 0.29) is 19.0 Å². The Balaban J connectivity index is 1.54. The molecule has 0 amide bonds. The maximum Gasteiger partial charge on any atom is 0.416 e. The lowest BCUT2D eigenvalue weighted by Crippen LogP contribution is -2.12. The van der Waals surface area contributed by atoms with E-state index in [1.54, 1.807) is 6.07 Å². The zero-order valence-corrected chi connectivity index (χ0v) is 22.3. The van der Waals surface area contributed by atoms with Gasteiger partial charge in [0.05, 0.1) is 24.5 Å². The summed E-state index contributed by atoms with van der Waals surface area (Å²) in [6.45, 7) is 2.74. The fourth-order valence-electron chi connectivity index (χ4n) is 4.40. The van der Waals surface area contributed by atoms with Crippen molar-refractivity contribution in [2.75, 3.05) is 0 Å². The number of nitrogens with zero attached hydrogens (tertiary/aromatic N) is 2. The number of nitrogens with one attached hydrogen (secondary N) is 1. The third-order valence-corrected chi connectivity index (χ3v) is 6.74. The first-order valence-corrected chi connectivity index (χ1v) is 13.1. The molecular weight excluding hydrogens is 525 g/mol. The molecule has 5 nitrogen and oxygen atoms in total. The Bertz CT molecular complexity index is 1430. The van der Waals surface area contributed by atoms with E-state index in [2.05, 4.69) is 11.9 Å². The van der Waals surface area contributed by atoms with Gasteiger partial charge in [-0.25, -0.2) is 4.98 Å². The average molecular weight is 555 g/mol. The fourth-order valence-corrected chi connectivity index (χ4v) is 4.65. The molecule has 0 fully saturated rings. The number of imidazole rings is 1. The number of hydrogen-bond donors (Lipinski definition) is 2. The number of alkyl halides is 3. The number of amidine groups is 1. The molecule has 0 unspecified atom stereocenters. The van der Waals surface area contributed by atoms with Crippen LogP contribution in [0.1, 0.15) is 53.5 Å². The highest BCUT2D eigenvalue weighted by Crippen LogP contribution is 2.30. The van der Waals surface area contributed by atoms with Crippen LogP contribution in [0.3, 0.4) is 0 Å². The topological polar surface area (TPSA) is 76.9 Å². The van der Waals surface area contributed by atoms with Gasteiger partial charge < -0.3 is 15.0 Å². The maximum atomic E-state index is 13.1. The summed E-state index contributed by atoms with van der Waals surface area (Å²) in [5.41, 5.74) is 9.69. The molecule has 4 rings (SSSR count). The van der Waals surface area contributed by atoms with Crippen molar-refractivity contribution in [2.45, 2.75) is 52.1 Å². The molecule has 3 N–H and O–H groups in total. The fraction of sp³-hybridized carbons (Fsp3) is 0.267. The van der Waals surface area contributed by atoms with Crippen molar-refractivity contribution in [1.29, 1.82) is 5.41 Å². The van der Waals surface area contributed by atoms with Crippen molar-refractivity contribution in [1.82, 2.24) is 9.55 Å². The Morgan fingerprint density at radius 1 is 1.00 bits per heavy atom. The largest absolute Gasteiger partial charge is 0.416 e. The van der Waals surface area contributed by atoms with Crippen LogP contribution >= 0.6 is 11.6 Å². The molecule has 0 saturated carbocycles. The molecule has 0 aliphatic carbocycles. The number of aryl methyl sites for hydroxylation is 1. The molecular formula is C30H30ClF3N4O. The van der Waals surface area contributed by atoms with Crippen molar-refractivity contribution in [3.05, 3.63) is 112 Å². The van der Waals surface area contributed by atoms with E-state index in [1.807, 2.05) is 53.1 Å². The Morgan fingerprint density at radius 3 is 2.44 bits per heavy atom. The summed E-state index contributed by atoms with van der Waals surface area (Å²) in [7, 11) is 0. The number of ether oxygens (including phenoxy) is 1.